The summed E-state index contributed by atoms with van der Waals surface area (Å²) in [5, 5.41) is 3.86. The Kier molecular flexibility index (Phi) is 6.11. The van der Waals surface area contributed by atoms with E-state index in [1.54, 1.807) is 33.5 Å². The molecule has 2 aromatic rings. The fourth-order valence-electron chi connectivity index (χ4n) is 3.22. The number of carbonyl (C=O) groups is 1. The van der Waals surface area contributed by atoms with Gasteiger partial charge in [0.2, 0.25) is 11.7 Å². The average molecular weight is 390 g/mol. The molecule has 1 N–H and O–H groups in total. The zero-order valence-electron chi connectivity index (χ0n) is 15.8. The van der Waals surface area contributed by atoms with E-state index in [0.29, 0.717) is 28.2 Å². The minimum absolute atomic E-state index is 0.0109. The van der Waals surface area contributed by atoms with Crippen LogP contribution in [0.2, 0.25) is 5.02 Å². The van der Waals surface area contributed by atoms with Gasteiger partial charge in [-0.15, -0.1) is 0 Å². The number of hydrogen-bond acceptors (Lipinski definition) is 4. The van der Waals surface area contributed by atoms with Crippen molar-refractivity contribution in [3.63, 3.8) is 0 Å². The lowest BCUT2D eigenvalue weighted by Crippen LogP contribution is -2.31. The van der Waals surface area contributed by atoms with Crippen LogP contribution in [-0.4, -0.2) is 27.2 Å². The second kappa shape index (κ2) is 8.53. The molecule has 1 aliphatic carbocycles. The molecule has 0 bridgehead atoms. The number of benzene rings is 2. The summed E-state index contributed by atoms with van der Waals surface area (Å²) in [4.78, 5) is 12.7. The molecule has 1 saturated carbocycles. The van der Waals surface area contributed by atoms with Crippen LogP contribution in [0.15, 0.2) is 36.4 Å². The molecule has 0 aliphatic heterocycles. The summed E-state index contributed by atoms with van der Waals surface area (Å²) in [6.07, 6.45) is 2.48. The van der Waals surface area contributed by atoms with Gasteiger partial charge in [0, 0.05) is 5.02 Å². The predicted molar refractivity (Wildman–Crippen MR) is 105 cm³/mol. The van der Waals surface area contributed by atoms with Gasteiger partial charge in [-0.3, -0.25) is 4.79 Å². The molecule has 2 aromatic carbocycles. The molecular formula is C21H24ClNO4. The van der Waals surface area contributed by atoms with Crippen molar-refractivity contribution in [1.82, 2.24) is 5.32 Å². The molecule has 0 saturated heterocycles. The molecule has 0 spiro atoms. The SMILES string of the molecule is COc1cc(CC(=O)NC(c2ccc(Cl)cc2)C2CC2)cc(OC)c1OC. The highest BCUT2D eigenvalue weighted by atomic mass is 35.5. The first-order valence-electron chi connectivity index (χ1n) is 8.89. The van der Waals surface area contributed by atoms with Crippen molar-refractivity contribution in [2.75, 3.05) is 21.3 Å². The molecule has 27 heavy (non-hydrogen) atoms. The van der Waals surface area contributed by atoms with Crippen molar-refractivity contribution in [3.05, 3.63) is 52.5 Å². The summed E-state index contributed by atoms with van der Waals surface area (Å²) in [6.45, 7) is 0. The van der Waals surface area contributed by atoms with Crippen LogP contribution in [0.1, 0.15) is 30.0 Å². The van der Waals surface area contributed by atoms with E-state index in [9.17, 15) is 4.79 Å². The zero-order chi connectivity index (χ0) is 19.4. The number of amides is 1. The van der Waals surface area contributed by atoms with Gasteiger partial charge in [-0.25, -0.2) is 0 Å². The second-order valence-electron chi connectivity index (χ2n) is 6.64. The Morgan fingerprint density at radius 2 is 1.67 bits per heavy atom. The van der Waals surface area contributed by atoms with E-state index < -0.39 is 0 Å². The van der Waals surface area contributed by atoms with Gasteiger partial charge < -0.3 is 19.5 Å². The molecule has 5 nitrogen and oxygen atoms in total. The number of methoxy groups -OCH3 is 3. The van der Waals surface area contributed by atoms with E-state index in [1.807, 2.05) is 24.3 Å². The van der Waals surface area contributed by atoms with Crippen molar-refractivity contribution in [3.8, 4) is 17.2 Å². The number of rotatable bonds is 8. The summed E-state index contributed by atoms with van der Waals surface area (Å²) >= 11 is 5.99. The van der Waals surface area contributed by atoms with Crippen LogP contribution < -0.4 is 19.5 Å². The number of nitrogens with one attached hydrogen (secondary N) is 1. The molecule has 1 fully saturated rings. The highest BCUT2D eigenvalue weighted by molar-refractivity contribution is 6.30. The fourth-order valence-corrected chi connectivity index (χ4v) is 3.35. The molecule has 0 radical (unpaired) electrons. The Bertz CT molecular complexity index is 777. The topological polar surface area (TPSA) is 56.8 Å². The minimum Gasteiger partial charge on any atom is -0.493 e. The van der Waals surface area contributed by atoms with E-state index in [0.717, 1.165) is 24.0 Å². The average Bonchev–Trinajstić information content (AvgIpc) is 3.51. The van der Waals surface area contributed by atoms with Crippen LogP contribution in [0.4, 0.5) is 0 Å². The van der Waals surface area contributed by atoms with E-state index in [-0.39, 0.29) is 18.4 Å². The van der Waals surface area contributed by atoms with Crippen molar-refractivity contribution >= 4 is 17.5 Å². The lowest BCUT2D eigenvalue weighted by atomic mass is 10.0. The van der Waals surface area contributed by atoms with Crippen LogP contribution in [0.5, 0.6) is 17.2 Å². The third-order valence-corrected chi connectivity index (χ3v) is 4.98. The first kappa shape index (κ1) is 19.4. The van der Waals surface area contributed by atoms with Crippen LogP contribution in [0.3, 0.4) is 0 Å². The molecule has 0 heterocycles. The quantitative estimate of drug-likeness (QED) is 0.736. The summed E-state index contributed by atoms with van der Waals surface area (Å²) in [6, 6.07) is 11.3. The van der Waals surface area contributed by atoms with E-state index in [2.05, 4.69) is 5.32 Å². The van der Waals surface area contributed by atoms with Crippen molar-refractivity contribution < 1.29 is 19.0 Å². The zero-order valence-corrected chi connectivity index (χ0v) is 16.5. The fraction of sp³-hybridized carbons (Fsp3) is 0.381. The highest BCUT2D eigenvalue weighted by Crippen LogP contribution is 2.41. The summed E-state index contributed by atoms with van der Waals surface area (Å²) in [5.41, 5.74) is 1.88. The lowest BCUT2D eigenvalue weighted by Gasteiger charge is -2.19. The maximum absolute atomic E-state index is 12.7. The standard InChI is InChI=1S/C21H24ClNO4/c1-25-17-10-13(11-18(26-2)21(17)27-3)12-19(24)23-20(14-4-5-14)15-6-8-16(22)9-7-15/h6-11,14,20H,4-5,12H2,1-3H3,(H,23,24). The summed E-state index contributed by atoms with van der Waals surface area (Å²) < 4.78 is 16.1. The molecule has 0 aromatic heterocycles. The lowest BCUT2D eigenvalue weighted by molar-refractivity contribution is -0.121. The van der Waals surface area contributed by atoms with Crippen LogP contribution in [-0.2, 0) is 11.2 Å². The number of hydrogen-bond donors (Lipinski definition) is 1. The molecule has 6 heteroatoms. The molecule has 1 aliphatic rings. The number of carbonyl (C=O) groups excluding carboxylic acids is 1. The van der Waals surface area contributed by atoms with Gasteiger partial charge >= 0.3 is 0 Å². The summed E-state index contributed by atoms with van der Waals surface area (Å²) in [7, 11) is 4.68. The van der Waals surface area contributed by atoms with Gasteiger partial charge in [-0.1, -0.05) is 23.7 Å². The number of halogens is 1. The van der Waals surface area contributed by atoms with Crippen LogP contribution >= 0.6 is 11.6 Å². The van der Waals surface area contributed by atoms with Gasteiger partial charge in [-0.2, -0.15) is 0 Å². The van der Waals surface area contributed by atoms with Gasteiger partial charge in [0.1, 0.15) is 0 Å². The summed E-state index contributed by atoms with van der Waals surface area (Å²) in [5.74, 6) is 2.03. The van der Waals surface area contributed by atoms with Crippen LogP contribution in [0, 0.1) is 5.92 Å². The van der Waals surface area contributed by atoms with Gasteiger partial charge in [0.15, 0.2) is 11.5 Å². The van der Waals surface area contributed by atoms with Crippen molar-refractivity contribution in [2.45, 2.75) is 25.3 Å². The molecule has 1 amide bonds. The Morgan fingerprint density at radius 3 is 2.15 bits per heavy atom. The van der Waals surface area contributed by atoms with E-state index >= 15 is 0 Å². The smallest absolute Gasteiger partial charge is 0.224 e. The molecule has 1 atom stereocenters. The largest absolute Gasteiger partial charge is 0.493 e. The van der Waals surface area contributed by atoms with Gasteiger partial charge in [0.25, 0.3) is 0 Å². The first-order chi connectivity index (χ1) is 13.0. The molecule has 1 unspecified atom stereocenters. The number of ether oxygens (including phenoxy) is 3. The van der Waals surface area contributed by atoms with E-state index in [4.69, 9.17) is 25.8 Å². The molecule has 144 valence electrons. The third kappa shape index (κ3) is 4.66. The van der Waals surface area contributed by atoms with Crippen molar-refractivity contribution in [2.24, 2.45) is 5.92 Å². The molecular weight excluding hydrogens is 366 g/mol. The highest BCUT2D eigenvalue weighted by Gasteiger charge is 2.33. The van der Waals surface area contributed by atoms with Crippen LogP contribution in [0.25, 0.3) is 0 Å². The monoisotopic (exact) mass is 389 g/mol. The predicted octanol–water partition coefficient (Wildman–Crippen LogP) is 4.18. The van der Waals surface area contributed by atoms with E-state index in [1.165, 1.54) is 0 Å². The maximum Gasteiger partial charge on any atom is 0.224 e. The van der Waals surface area contributed by atoms with Gasteiger partial charge in [0.05, 0.1) is 33.8 Å². The van der Waals surface area contributed by atoms with Crippen molar-refractivity contribution in [1.29, 1.82) is 0 Å². The second-order valence-corrected chi connectivity index (χ2v) is 7.08. The maximum atomic E-state index is 12.7. The Morgan fingerprint density at radius 1 is 1.07 bits per heavy atom. The first-order valence-corrected chi connectivity index (χ1v) is 9.27. The Balaban J connectivity index is 1.75. The Hall–Kier alpha value is -2.40. The minimum atomic E-state index is -0.0453. The Labute approximate surface area is 164 Å². The third-order valence-electron chi connectivity index (χ3n) is 4.73. The van der Waals surface area contributed by atoms with Gasteiger partial charge in [-0.05, 0) is 54.2 Å². The normalized spacial score (nSPS) is 14.4. The molecule has 3 rings (SSSR count).